The zero-order valence-corrected chi connectivity index (χ0v) is 19.6. The molecule has 0 amide bonds. The van der Waals surface area contributed by atoms with Gasteiger partial charge in [-0.05, 0) is 36.8 Å². The molecule has 0 aliphatic rings. The van der Waals surface area contributed by atoms with Gasteiger partial charge in [-0.1, -0.05) is 24.3 Å². The maximum atomic E-state index is 12.2. The molecule has 3 rings (SSSR count). The van der Waals surface area contributed by atoms with Crippen LogP contribution >= 0.6 is 24.0 Å². The van der Waals surface area contributed by atoms with Crippen molar-refractivity contribution in [2.75, 3.05) is 13.1 Å². The van der Waals surface area contributed by atoms with Gasteiger partial charge in [-0.25, -0.2) is 9.98 Å². The Morgan fingerprint density at radius 2 is 1.87 bits per heavy atom. The van der Waals surface area contributed by atoms with E-state index in [2.05, 4.69) is 25.3 Å². The van der Waals surface area contributed by atoms with Gasteiger partial charge in [0.15, 0.2) is 5.96 Å². The second-order valence-corrected chi connectivity index (χ2v) is 6.62. The quantitative estimate of drug-likeness (QED) is 0.229. The molecule has 1 heterocycles. The Bertz CT molecular complexity index is 995. The number of aliphatic imine (C=N–C) groups is 1. The molecule has 31 heavy (non-hydrogen) atoms. The van der Waals surface area contributed by atoms with Gasteiger partial charge in [0.25, 0.3) is 0 Å². The van der Waals surface area contributed by atoms with Crippen LogP contribution in [0, 0.1) is 0 Å². The number of ether oxygens (including phenoxy) is 1. The molecule has 2 aromatic carbocycles. The van der Waals surface area contributed by atoms with Gasteiger partial charge >= 0.3 is 6.61 Å². The Morgan fingerprint density at radius 3 is 2.52 bits per heavy atom. The van der Waals surface area contributed by atoms with Crippen LogP contribution in [0.5, 0.6) is 5.75 Å². The highest BCUT2D eigenvalue weighted by molar-refractivity contribution is 14.0. The van der Waals surface area contributed by atoms with Gasteiger partial charge in [0.2, 0.25) is 0 Å². The molecule has 3 N–H and O–H groups in total. The van der Waals surface area contributed by atoms with Crippen molar-refractivity contribution in [3.8, 4) is 5.75 Å². The average Bonchev–Trinajstić information content (AvgIpc) is 3.06. The summed E-state index contributed by atoms with van der Waals surface area (Å²) < 4.78 is 30.8. The molecule has 0 fully saturated rings. The molecule has 10 heteroatoms. The molecule has 0 saturated carbocycles. The van der Waals surface area contributed by atoms with Gasteiger partial charge in [-0.15, -0.1) is 24.0 Å². The van der Waals surface area contributed by atoms with E-state index in [9.17, 15) is 13.9 Å². The van der Waals surface area contributed by atoms with Crippen LogP contribution in [0.4, 0.5) is 8.78 Å². The van der Waals surface area contributed by atoms with E-state index in [1.165, 1.54) is 12.1 Å². The number of guanidine groups is 1. The van der Waals surface area contributed by atoms with Gasteiger partial charge in [-0.3, -0.25) is 0 Å². The Hall–Kier alpha value is -2.47. The number of fused-ring (bicyclic) bond motifs is 1. The lowest BCUT2D eigenvalue weighted by Crippen LogP contribution is -2.39. The summed E-state index contributed by atoms with van der Waals surface area (Å²) in [5.74, 6) is 1.41. The summed E-state index contributed by atoms with van der Waals surface area (Å²) in [5.41, 5.74) is 2.53. The largest absolute Gasteiger partial charge is 0.435 e. The number of aromatic nitrogens is 2. The van der Waals surface area contributed by atoms with Gasteiger partial charge in [0.1, 0.15) is 18.1 Å². The van der Waals surface area contributed by atoms with Crippen LogP contribution in [0.3, 0.4) is 0 Å². The monoisotopic (exact) mass is 545 g/mol. The SMILES string of the molecule is CCNC(=NCc1nc2ccccc2n1C)NCC(O)c1ccc(OC(F)F)cc1.I. The fourth-order valence-electron chi connectivity index (χ4n) is 3.01. The van der Waals surface area contributed by atoms with E-state index in [4.69, 9.17) is 0 Å². The van der Waals surface area contributed by atoms with Gasteiger partial charge < -0.3 is 25.0 Å². The number of alkyl halides is 2. The third-order valence-electron chi connectivity index (χ3n) is 4.56. The lowest BCUT2D eigenvalue weighted by atomic mass is 10.1. The molecule has 0 spiro atoms. The average molecular weight is 545 g/mol. The van der Waals surface area contributed by atoms with E-state index < -0.39 is 12.7 Å². The third-order valence-corrected chi connectivity index (χ3v) is 4.56. The first-order chi connectivity index (χ1) is 14.5. The predicted molar refractivity (Wildman–Crippen MR) is 127 cm³/mol. The summed E-state index contributed by atoms with van der Waals surface area (Å²) in [6.45, 7) is 0.298. The Morgan fingerprint density at radius 1 is 1.16 bits per heavy atom. The zero-order valence-electron chi connectivity index (χ0n) is 17.3. The highest BCUT2D eigenvalue weighted by Gasteiger charge is 2.11. The lowest BCUT2D eigenvalue weighted by Gasteiger charge is -2.16. The van der Waals surface area contributed by atoms with Crippen molar-refractivity contribution >= 4 is 41.0 Å². The fourth-order valence-corrected chi connectivity index (χ4v) is 3.01. The molecule has 1 atom stereocenters. The van der Waals surface area contributed by atoms with Crippen molar-refractivity contribution < 1.29 is 18.6 Å². The van der Waals surface area contributed by atoms with Gasteiger partial charge in [0, 0.05) is 20.1 Å². The Kier molecular flexibility index (Phi) is 9.44. The van der Waals surface area contributed by atoms with E-state index >= 15 is 0 Å². The standard InChI is InChI=1S/C21H25F2N5O2.HI/c1-3-24-21(26-13-19-27-16-6-4-5-7-17(16)28(19)2)25-12-18(29)14-8-10-15(11-9-14)30-20(22)23;/h4-11,18,20,29H,3,12-13H2,1-2H3,(H2,24,25,26);1H. The summed E-state index contributed by atoms with van der Waals surface area (Å²) in [7, 11) is 1.95. The second-order valence-electron chi connectivity index (χ2n) is 6.62. The number of halogens is 3. The Balaban J connectivity index is 0.00000341. The summed E-state index contributed by atoms with van der Waals surface area (Å²) in [6, 6.07) is 13.8. The maximum absolute atomic E-state index is 12.2. The zero-order chi connectivity index (χ0) is 21.5. The van der Waals surface area contributed by atoms with Crippen LogP contribution in [0.25, 0.3) is 11.0 Å². The van der Waals surface area contributed by atoms with Crippen LogP contribution in [-0.4, -0.2) is 40.3 Å². The summed E-state index contributed by atoms with van der Waals surface area (Å²) in [6.07, 6.45) is -0.842. The molecular weight excluding hydrogens is 519 g/mol. The Labute approximate surface area is 196 Å². The topological polar surface area (TPSA) is 83.7 Å². The van der Waals surface area contributed by atoms with Crippen LogP contribution in [0.2, 0.25) is 0 Å². The normalized spacial score (nSPS) is 12.5. The summed E-state index contributed by atoms with van der Waals surface area (Å²) in [5, 5.41) is 16.6. The number of rotatable bonds is 8. The number of aryl methyl sites for hydroxylation is 1. The number of hydrogen-bond donors (Lipinski definition) is 3. The minimum Gasteiger partial charge on any atom is -0.435 e. The number of para-hydroxylation sites is 2. The molecular formula is C21H26F2IN5O2. The van der Waals surface area contributed by atoms with E-state index in [-0.39, 0.29) is 36.3 Å². The summed E-state index contributed by atoms with van der Waals surface area (Å²) in [4.78, 5) is 9.15. The number of nitrogens with zero attached hydrogens (tertiary/aromatic N) is 3. The minimum absolute atomic E-state index is 0. The molecule has 7 nitrogen and oxygen atoms in total. The number of aliphatic hydroxyl groups is 1. The lowest BCUT2D eigenvalue weighted by molar-refractivity contribution is -0.0498. The molecule has 1 aromatic heterocycles. The van der Waals surface area contributed by atoms with Crippen LogP contribution in [0.1, 0.15) is 24.4 Å². The first kappa shape index (κ1) is 24.8. The molecule has 0 aliphatic heterocycles. The maximum Gasteiger partial charge on any atom is 0.387 e. The number of hydrogen-bond acceptors (Lipinski definition) is 4. The first-order valence-electron chi connectivity index (χ1n) is 9.63. The van der Waals surface area contributed by atoms with Gasteiger partial charge in [0.05, 0.1) is 17.1 Å². The molecule has 3 aromatic rings. The van der Waals surface area contributed by atoms with E-state index in [0.29, 0.717) is 24.6 Å². The number of benzene rings is 2. The first-order valence-corrected chi connectivity index (χ1v) is 9.63. The van der Waals surface area contributed by atoms with Crippen molar-refractivity contribution in [2.24, 2.45) is 12.0 Å². The molecule has 0 aliphatic carbocycles. The molecule has 0 bridgehead atoms. The van der Waals surface area contributed by atoms with Crippen molar-refractivity contribution in [3.63, 3.8) is 0 Å². The number of aliphatic hydroxyl groups excluding tert-OH is 1. The number of nitrogens with one attached hydrogen (secondary N) is 2. The molecule has 0 radical (unpaired) electrons. The minimum atomic E-state index is -2.88. The van der Waals surface area contributed by atoms with Crippen LogP contribution in [-0.2, 0) is 13.6 Å². The van der Waals surface area contributed by atoms with Crippen molar-refractivity contribution in [3.05, 3.63) is 59.9 Å². The molecule has 0 saturated heterocycles. The predicted octanol–water partition coefficient (Wildman–Crippen LogP) is 3.58. The molecule has 1 unspecified atom stereocenters. The summed E-state index contributed by atoms with van der Waals surface area (Å²) >= 11 is 0. The second kappa shape index (κ2) is 11.8. The fraction of sp³-hybridized carbons (Fsp3) is 0.333. The van der Waals surface area contributed by atoms with Crippen molar-refractivity contribution in [1.29, 1.82) is 0 Å². The highest BCUT2D eigenvalue weighted by Crippen LogP contribution is 2.19. The van der Waals surface area contributed by atoms with Crippen molar-refractivity contribution in [2.45, 2.75) is 26.2 Å². The highest BCUT2D eigenvalue weighted by atomic mass is 127. The van der Waals surface area contributed by atoms with Crippen molar-refractivity contribution in [1.82, 2.24) is 20.2 Å². The van der Waals surface area contributed by atoms with Gasteiger partial charge in [-0.2, -0.15) is 8.78 Å². The van der Waals surface area contributed by atoms with E-state index in [1.807, 2.05) is 42.8 Å². The third kappa shape index (κ3) is 6.76. The van der Waals surface area contributed by atoms with E-state index in [1.54, 1.807) is 12.1 Å². The molecule has 168 valence electrons. The van der Waals surface area contributed by atoms with Crippen LogP contribution < -0.4 is 15.4 Å². The smallest absolute Gasteiger partial charge is 0.387 e. The van der Waals surface area contributed by atoms with Crippen LogP contribution in [0.15, 0.2) is 53.5 Å². The number of imidazole rings is 1. The van der Waals surface area contributed by atoms with E-state index in [0.717, 1.165) is 16.9 Å².